The van der Waals surface area contributed by atoms with Crippen molar-refractivity contribution >= 4 is 0 Å². The summed E-state index contributed by atoms with van der Waals surface area (Å²) in [5.74, 6) is 1.11. The van der Waals surface area contributed by atoms with E-state index in [1.54, 1.807) is 6.07 Å². The molecule has 110 valence electrons. The van der Waals surface area contributed by atoms with Gasteiger partial charge in [-0.25, -0.2) is 0 Å². The van der Waals surface area contributed by atoms with Crippen LogP contribution in [0.5, 0.6) is 5.75 Å². The molecule has 0 spiro atoms. The molecule has 2 aliphatic heterocycles. The fourth-order valence-electron chi connectivity index (χ4n) is 3.14. The van der Waals surface area contributed by atoms with Crippen molar-refractivity contribution in [1.29, 1.82) is 0 Å². The monoisotopic (exact) mass is 276 g/mol. The Morgan fingerprint density at radius 1 is 1.15 bits per heavy atom. The summed E-state index contributed by atoms with van der Waals surface area (Å²) in [6, 6.07) is 7.59. The Balaban J connectivity index is 1.43. The van der Waals surface area contributed by atoms with Crippen LogP contribution in [0.15, 0.2) is 24.3 Å². The van der Waals surface area contributed by atoms with Crippen molar-refractivity contribution in [2.45, 2.75) is 13.0 Å². The summed E-state index contributed by atoms with van der Waals surface area (Å²) in [5, 5.41) is 9.51. The number of phenols is 1. The largest absolute Gasteiger partial charge is 0.508 e. The molecule has 2 aliphatic rings. The van der Waals surface area contributed by atoms with Crippen LogP contribution in [0.4, 0.5) is 0 Å². The van der Waals surface area contributed by atoms with Gasteiger partial charge in [-0.3, -0.25) is 4.90 Å². The fourth-order valence-corrected chi connectivity index (χ4v) is 3.14. The van der Waals surface area contributed by atoms with Crippen LogP contribution >= 0.6 is 0 Å². The number of ether oxygens (including phenoxy) is 1. The highest BCUT2D eigenvalue weighted by molar-refractivity contribution is 5.27. The maximum Gasteiger partial charge on any atom is 0.115 e. The van der Waals surface area contributed by atoms with Crippen molar-refractivity contribution in [3.05, 3.63) is 29.8 Å². The van der Waals surface area contributed by atoms with E-state index in [0.717, 1.165) is 51.9 Å². The van der Waals surface area contributed by atoms with Gasteiger partial charge in [-0.05, 0) is 30.0 Å². The Bertz CT molecular complexity index is 424. The van der Waals surface area contributed by atoms with Crippen molar-refractivity contribution in [1.82, 2.24) is 9.80 Å². The molecule has 4 nitrogen and oxygen atoms in total. The SMILES string of the molecule is Oc1cccc(CN2CCN(C[C@@H]3CCOC3)CC2)c1. The quantitative estimate of drug-likeness (QED) is 0.905. The lowest BCUT2D eigenvalue weighted by Crippen LogP contribution is -2.47. The van der Waals surface area contributed by atoms with E-state index in [2.05, 4.69) is 15.9 Å². The molecular weight excluding hydrogens is 252 g/mol. The Morgan fingerprint density at radius 2 is 1.95 bits per heavy atom. The highest BCUT2D eigenvalue weighted by Crippen LogP contribution is 2.17. The van der Waals surface area contributed by atoms with Crippen LogP contribution in [-0.2, 0) is 11.3 Å². The molecule has 1 atom stereocenters. The van der Waals surface area contributed by atoms with E-state index in [4.69, 9.17) is 4.74 Å². The van der Waals surface area contributed by atoms with E-state index in [1.165, 1.54) is 18.5 Å². The minimum Gasteiger partial charge on any atom is -0.508 e. The minimum atomic E-state index is 0.363. The van der Waals surface area contributed by atoms with Crippen LogP contribution in [0.2, 0.25) is 0 Å². The van der Waals surface area contributed by atoms with E-state index in [-0.39, 0.29) is 0 Å². The van der Waals surface area contributed by atoms with Gasteiger partial charge in [0, 0.05) is 45.9 Å². The van der Waals surface area contributed by atoms with E-state index < -0.39 is 0 Å². The standard InChI is InChI=1S/C16H24N2O2/c19-16-3-1-2-14(10-16)11-17-5-7-18(8-6-17)12-15-4-9-20-13-15/h1-3,10,15,19H,4-9,11-13H2/t15-/m0/s1. The second-order valence-electron chi connectivity index (χ2n) is 5.98. The van der Waals surface area contributed by atoms with Crippen LogP contribution in [0, 0.1) is 5.92 Å². The van der Waals surface area contributed by atoms with Gasteiger partial charge in [-0.15, -0.1) is 0 Å². The van der Waals surface area contributed by atoms with E-state index in [1.807, 2.05) is 12.1 Å². The number of aromatic hydroxyl groups is 1. The van der Waals surface area contributed by atoms with Crippen molar-refractivity contribution in [2.24, 2.45) is 5.92 Å². The van der Waals surface area contributed by atoms with Crippen molar-refractivity contribution in [3.8, 4) is 5.75 Å². The first-order valence-electron chi connectivity index (χ1n) is 7.60. The molecule has 0 bridgehead atoms. The predicted molar refractivity (Wildman–Crippen MR) is 78.7 cm³/mol. The highest BCUT2D eigenvalue weighted by atomic mass is 16.5. The molecule has 2 fully saturated rings. The van der Waals surface area contributed by atoms with Gasteiger partial charge in [0.15, 0.2) is 0 Å². The van der Waals surface area contributed by atoms with E-state index >= 15 is 0 Å². The molecule has 1 aromatic rings. The minimum absolute atomic E-state index is 0.363. The molecule has 4 heteroatoms. The molecule has 0 amide bonds. The first-order valence-corrected chi connectivity index (χ1v) is 7.60. The first-order chi connectivity index (χ1) is 9.79. The number of piperazine rings is 1. The molecule has 0 radical (unpaired) electrons. The molecule has 1 N–H and O–H groups in total. The first kappa shape index (κ1) is 13.9. The molecule has 0 unspecified atom stereocenters. The van der Waals surface area contributed by atoms with E-state index in [9.17, 15) is 5.11 Å². The summed E-state index contributed by atoms with van der Waals surface area (Å²) in [5.41, 5.74) is 1.20. The molecule has 0 aromatic heterocycles. The van der Waals surface area contributed by atoms with Crippen LogP contribution in [0.3, 0.4) is 0 Å². The molecule has 20 heavy (non-hydrogen) atoms. The Kier molecular flexibility index (Phi) is 4.55. The molecular formula is C16H24N2O2. The second kappa shape index (κ2) is 6.57. The number of hydrogen-bond donors (Lipinski definition) is 1. The van der Waals surface area contributed by atoms with Gasteiger partial charge in [-0.2, -0.15) is 0 Å². The summed E-state index contributed by atoms with van der Waals surface area (Å²) in [6.45, 7) is 8.55. The lowest BCUT2D eigenvalue weighted by atomic mass is 10.1. The smallest absolute Gasteiger partial charge is 0.115 e. The molecule has 3 rings (SSSR count). The van der Waals surface area contributed by atoms with Gasteiger partial charge in [-0.1, -0.05) is 12.1 Å². The molecule has 1 aromatic carbocycles. The topological polar surface area (TPSA) is 35.9 Å². The Morgan fingerprint density at radius 3 is 2.65 bits per heavy atom. The third-order valence-corrected chi connectivity index (χ3v) is 4.32. The zero-order chi connectivity index (χ0) is 13.8. The van der Waals surface area contributed by atoms with Crippen LogP contribution in [0.1, 0.15) is 12.0 Å². The average molecular weight is 276 g/mol. The summed E-state index contributed by atoms with van der Waals surface area (Å²) >= 11 is 0. The van der Waals surface area contributed by atoms with Gasteiger partial charge in [0.2, 0.25) is 0 Å². The maximum absolute atomic E-state index is 9.51. The van der Waals surface area contributed by atoms with Crippen molar-refractivity contribution in [2.75, 3.05) is 45.9 Å². The zero-order valence-electron chi connectivity index (χ0n) is 12.0. The third kappa shape index (κ3) is 3.72. The number of benzene rings is 1. The number of rotatable bonds is 4. The number of phenolic OH excluding ortho intramolecular Hbond substituents is 1. The second-order valence-corrected chi connectivity index (χ2v) is 5.98. The van der Waals surface area contributed by atoms with Crippen molar-refractivity contribution in [3.63, 3.8) is 0 Å². The molecule has 2 saturated heterocycles. The highest BCUT2D eigenvalue weighted by Gasteiger charge is 2.22. The summed E-state index contributed by atoms with van der Waals surface area (Å²) in [7, 11) is 0. The van der Waals surface area contributed by atoms with Crippen LogP contribution in [-0.4, -0.2) is 60.8 Å². The fraction of sp³-hybridized carbons (Fsp3) is 0.625. The molecule has 0 saturated carbocycles. The van der Waals surface area contributed by atoms with Gasteiger partial charge in [0.05, 0.1) is 6.61 Å². The van der Waals surface area contributed by atoms with Crippen LogP contribution < -0.4 is 0 Å². The Labute approximate surface area is 120 Å². The van der Waals surface area contributed by atoms with Gasteiger partial charge < -0.3 is 14.7 Å². The van der Waals surface area contributed by atoms with Crippen molar-refractivity contribution < 1.29 is 9.84 Å². The number of nitrogens with zero attached hydrogens (tertiary/aromatic N) is 2. The average Bonchev–Trinajstić information content (AvgIpc) is 2.94. The zero-order valence-corrected chi connectivity index (χ0v) is 12.0. The summed E-state index contributed by atoms with van der Waals surface area (Å²) < 4.78 is 5.45. The normalized spacial score (nSPS) is 25.1. The lowest BCUT2D eigenvalue weighted by Gasteiger charge is -2.35. The lowest BCUT2D eigenvalue weighted by molar-refractivity contribution is 0.107. The molecule has 2 heterocycles. The molecule has 0 aliphatic carbocycles. The predicted octanol–water partition coefficient (Wildman–Crippen LogP) is 1.55. The van der Waals surface area contributed by atoms with Crippen LogP contribution in [0.25, 0.3) is 0 Å². The summed E-state index contributed by atoms with van der Waals surface area (Å²) in [6.07, 6.45) is 1.23. The van der Waals surface area contributed by atoms with E-state index in [0.29, 0.717) is 5.75 Å². The van der Waals surface area contributed by atoms with Gasteiger partial charge in [0.25, 0.3) is 0 Å². The third-order valence-electron chi connectivity index (χ3n) is 4.32. The van der Waals surface area contributed by atoms with Gasteiger partial charge >= 0.3 is 0 Å². The Hall–Kier alpha value is -1.10. The maximum atomic E-state index is 9.51. The van der Waals surface area contributed by atoms with Gasteiger partial charge in [0.1, 0.15) is 5.75 Å². The summed E-state index contributed by atoms with van der Waals surface area (Å²) in [4.78, 5) is 5.04. The number of hydrogen-bond acceptors (Lipinski definition) is 4.